The third-order valence-electron chi connectivity index (χ3n) is 3.33. The first-order valence-electron chi connectivity index (χ1n) is 6.91. The molecule has 2 atom stereocenters. The molecule has 0 aliphatic carbocycles. The fraction of sp³-hybridized carbons (Fsp3) is 0.400. The lowest BCUT2D eigenvalue weighted by Gasteiger charge is -2.17. The van der Waals surface area contributed by atoms with E-state index in [1.54, 1.807) is 26.1 Å². The van der Waals surface area contributed by atoms with E-state index in [2.05, 4.69) is 4.98 Å². The van der Waals surface area contributed by atoms with Crippen LogP contribution in [0.25, 0.3) is 10.9 Å². The second-order valence-corrected chi connectivity index (χ2v) is 4.96. The van der Waals surface area contributed by atoms with Gasteiger partial charge in [-0.1, -0.05) is 6.07 Å². The number of hydrogen-bond acceptors (Lipinski definition) is 6. The van der Waals surface area contributed by atoms with Crippen LogP contribution in [0, 0.1) is 0 Å². The van der Waals surface area contributed by atoms with E-state index in [0.29, 0.717) is 16.5 Å². The summed E-state index contributed by atoms with van der Waals surface area (Å²) in [5, 5.41) is 20.4. The fourth-order valence-corrected chi connectivity index (χ4v) is 2.14. The molecule has 2 unspecified atom stereocenters. The molecule has 0 saturated carbocycles. The van der Waals surface area contributed by atoms with Crippen molar-refractivity contribution in [3.63, 3.8) is 0 Å². The van der Waals surface area contributed by atoms with Crippen LogP contribution in [0.15, 0.2) is 29.3 Å². The summed E-state index contributed by atoms with van der Waals surface area (Å²) in [5.41, 5.74) is 0.590. The molecule has 0 aliphatic rings. The molecule has 7 nitrogen and oxygen atoms in total. The van der Waals surface area contributed by atoms with Crippen LogP contribution < -0.4 is 5.56 Å². The lowest BCUT2D eigenvalue weighted by atomic mass is 10.0. The molecule has 0 spiro atoms. The number of aliphatic hydroxyl groups is 2. The van der Waals surface area contributed by atoms with Crippen LogP contribution >= 0.6 is 0 Å². The summed E-state index contributed by atoms with van der Waals surface area (Å²) in [5.74, 6) is -0.590. The number of benzene rings is 1. The normalized spacial score (nSPS) is 13.8. The Labute approximate surface area is 126 Å². The predicted octanol–water partition coefficient (Wildman–Crippen LogP) is 0.281. The topological polar surface area (TPSA) is 102 Å². The molecule has 0 amide bonds. The molecule has 0 fully saturated rings. The third-order valence-corrected chi connectivity index (χ3v) is 3.33. The minimum Gasteiger partial charge on any atom is -0.466 e. The number of aryl methyl sites for hydroxylation is 1. The van der Waals surface area contributed by atoms with Gasteiger partial charge in [0, 0.05) is 7.05 Å². The van der Waals surface area contributed by atoms with Crippen molar-refractivity contribution in [1.82, 2.24) is 9.55 Å². The maximum atomic E-state index is 12.0. The van der Waals surface area contributed by atoms with Gasteiger partial charge in [0.25, 0.3) is 5.56 Å². The van der Waals surface area contributed by atoms with Gasteiger partial charge in [-0.2, -0.15) is 0 Å². The highest BCUT2D eigenvalue weighted by atomic mass is 16.5. The maximum absolute atomic E-state index is 12.0. The van der Waals surface area contributed by atoms with Gasteiger partial charge in [0.05, 0.1) is 36.4 Å². The van der Waals surface area contributed by atoms with Crippen molar-refractivity contribution < 1.29 is 19.7 Å². The summed E-state index contributed by atoms with van der Waals surface area (Å²) >= 11 is 0. The standard InChI is InChI=1S/C15H18N2O5/c1-3-22-13(19)7-12(18)14(20)9-4-5-11-10(6-9)15(21)17(2)8-16-11/h4-6,8,12,14,18,20H,3,7H2,1-2H3. The van der Waals surface area contributed by atoms with Gasteiger partial charge >= 0.3 is 5.97 Å². The van der Waals surface area contributed by atoms with E-state index >= 15 is 0 Å². The van der Waals surface area contributed by atoms with E-state index in [4.69, 9.17) is 4.74 Å². The number of rotatable bonds is 5. The van der Waals surface area contributed by atoms with Crippen LogP contribution in [-0.2, 0) is 16.6 Å². The Morgan fingerprint density at radius 1 is 1.41 bits per heavy atom. The van der Waals surface area contributed by atoms with E-state index in [-0.39, 0.29) is 18.6 Å². The Balaban J connectivity index is 2.28. The molecular weight excluding hydrogens is 288 g/mol. The Hall–Kier alpha value is -2.25. The summed E-state index contributed by atoms with van der Waals surface area (Å²) in [6.07, 6.45) is -1.51. The first kappa shape index (κ1) is 16.1. The SMILES string of the molecule is CCOC(=O)CC(O)C(O)c1ccc2ncn(C)c(=O)c2c1. The van der Waals surface area contributed by atoms with Crippen LogP contribution in [0.1, 0.15) is 25.0 Å². The number of aromatic nitrogens is 2. The third kappa shape index (κ3) is 3.32. The monoisotopic (exact) mass is 306 g/mol. The van der Waals surface area contributed by atoms with Crippen molar-refractivity contribution in [2.24, 2.45) is 7.05 Å². The summed E-state index contributed by atoms with van der Waals surface area (Å²) in [4.78, 5) is 27.5. The molecule has 2 N–H and O–H groups in total. The highest BCUT2D eigenvalue weighted by Gasteiger charge is 2.22. The second-order valence-electron chi connectivity index (χ2n) is 4.96. The zero-order chi connectivity index (χ0) is 16.3. The van der Waals surface area contributed by atoms with Gasteiger partial charge in [0.15, 0.2) is 0 Å². The molecule has 0 saturated heterocycles. The van der Waals surface area contributed by atoms with Crippen LogP contribution in [0.3, 0.4) is 0 Å². The first-order chi connectivity index (χ1) is 10.4. The van der Waals surface area contributed by atoms with Gasteiger partial charge in [-0.05, 0) is 24.6 Å². The number of aliphatic hydroxyl groups excluding tert-OH is 2. The van der Waals surface area contributed by atoms with E-state index < -0.39 is 18.2 Å². The number of nitrogens with zero attached hydrogens (tertiary/aromatic N) is 2. The van der Waals surface area contributed by atoms with Crippen LogP contribution in [0.2, 0.25) is 0 Å². The van der Waals surface area contributed by atoms with Gasteiger partial charge < -0.3 is 19.5 Å². The molecule has 1 aromatic carbocycles. The summed E-state index contributed by atoms with van der Waals surface area (Å²) in [6, 6.07) is 4.63. The van der Waals surface area contributed by atoms with E-state index in [0.717, 1.165) is 0 Å². The van der Waals surface area contributed by atoms with Gasteiger partial charge in [-0.3, -0.25) is 9.59 Å². The molecule has 118 valence electrons. The van der Waals surface area contributed by atoms with Crippen molar-refractivity contribution >= 4 is 16.9 Å². The van der Waals surface area contributed by atoms with Crippen molar-refractivity contribution in [2.45, 2.75) is 25.6 Å². The largest absolute Gasteiger partial charge is 0.466 e. The van der Waals surface area contributed by atoms with Gasteiger partial charge in [-0.25, -0.2) is 4.98 Å². The van der Waals surface area contributed by atoms with Crippen LogP contribution in [-0.4, -0.2) is 38.4 Å². The number of hydrogen-bond donors (Lipinski definition) is 2. The van der Waals surface area contributed by atoms with Crippen molar-refractivity contribution in [1.29, 1.82) is 0 Å². The van der Waals surface area contributed by atoms with Crippen LogP contribution in [0.5, 0.6) is 0 Å². The maximum Gasteiger partial charge on any atom is 0.308 e. The highest BCUT2D eigenvalue weighted by Crippen LogP contribution is 2.21. The number of fused-ring (bicyclic) bond motifs is 1. The molecule has 0 bridgehead atoms. The minimum atomic E-state index is -1.31. The Kier molecular flexibility index (Phi) is 4.89. The smallest absolute Gasteiger partial charge is 0.308 e. The minimum absolute atomic E-state index is 0.208. The number of carbonyl (C=O) groups is 1. The Bertz CT molecular complexity index is 740. The fourth-order valence-electron chi connectivity index (χ4n) is 2.14. The molecule has 1 aromatic heterocycles. The van der Waals surface area contributed by atoms with Crippen molar-refractivity contribution in [3.05, 3.63) is 40.4 Å². The summed E-state index contributed by atoms with van der Waals surface area (Å²) in [7, 11) is 1.58. The average Bonchev–Trinajstić information content (AvgIpc) is 2.50. The quantitative estimate of drug-likeness (QED) is 0.769. The van der Waals surface area contributed by atoms with Gasteiger partial charge in [0.2, 0.25) is 0 Å². The molecule has 0 aliphatic heterocycles. The van der Waals surface area contributed by atoms with Crippen molar-refractivity contribution in [2.75, 3.05) is 6.61 Å². The lowest BCUT2D eigenvalue weighted by Crippen LogP contribution is -2.23. The molecular formula is C15H18N2O5. The van der Waals surface area contributed by atoms with E-state index in [1.807, 2.05) is 0 Å². The van der Waals surface area contributed by atoms with E-state index in [1.165, 1.54) is 17.0 Å². The zero-order valence-corrected chi connectivity index (χ0v) is 12.4. The molecule has 0 radical (unpaired) electrons. The van der Waals surface area contributed by atoms with Crippen molar-refractivity contribution in [3.8, 4) is 0 Å². The molecule has 7 heteroatoms. The highest BCUT2D eigenvalue weighted by molar-refractivity contribution is 5.78. The zero-order valence-electron chi connectivity index (χ0n) is 12.4. The molecule has 2 aromatic rings. The molecule has 1 heterocycles. The average molecular weight is 306 g/mol. The lowest BCUT2D eigenvalue weighted by molar-refractivity contribution is -0.147. The number of carbonyl (C=O) groups excluding carboxylic acids is 1. The molecule has 2 rings (SSSR count). The number of esters is 1. The Morgan fingerprint density at radius 3 is 2.82 bits per heavy atom. The Morgan fingerprint density at radius 2 is 2.14 bits per heavy atom. The summed E-state index contributed by atoms with van der Waals surface area (Å²) in [6.45, 7) is 1.87. The van der Waals surface area contributed by atoms with E-state index in [9.17, 15) is 19.8 Å². The predicted molar refractivity (Wildman–Crippen MR) is 79.2 cm³/mol. The summed E-state index contributed by atoms with van der Waals surface area (Å²) < 4.78 is 6.06. The van der Waals surface area contributed by atoms with Gasteiger partial charge in [0.1, 0.15) is 6.10 Å². The molecule has 22 heavy (non-hydrogen) atoms. The van der Waals surface area contributed by atoms with Crippen LogP contribution in [0.4, 0.5) is 0 Å². The second kappa shape index (κ2) is 6.67. The first-order valence-corrected chi connectivity index (χ1v) is 6.91. The number of ether oxygens (including phenoxy) is 1. The van der Waals surface area contributed by atoms with Gasteiger partial charge in [-0.15, -0.1) is 0 Å².